The number of dihydropyridines is 1. The monoisotopic (exact) mass is 415 g/mol. The molecule has 2 aliphatic rings. The first kappa shape index (κ1) is 18.6. The minimum absolute atomic E-state index is 0.293. The lowest BCUT2D eigenvalue weighted by Crippen LogP contribution is -2.33. The number of imide groups is 1. The Labute approximate surface area is 178 Å². The summed E-state index contributed by atoms with van der Waals surface area (Å²) in [7, 11) is 0. The average Bonchev–Trinajstić information content (AvgIpc) is 3.04. The predicted octanol–water partition coefficient (Wildman–Crippen LogP) is 4.75. The lowest BCUT2D eigenvalue weighted by atomic mass is 9.99. The van der Waals surface area contributed by atoms with Gasteiger partial charge in [-0.1, -0.05) is 42.0 Å². The fraction of sp³-hybridized carbons (Fsp3) is 0.125. The number of nitrogens with one attached hydrogen (secondary N) is 1. The van der Waals surface area contributed by atoms with Gasteiger partial charge in [0.1, 0.15) is 0 Å². The van der Waals surface area contributed by atoms with Crippen LogP contribution in [0.3, 0.4) is 0 Å². The van der Waals surface area contributed by atoms with Gasteiger partial charge in [-0.25, -0.2) is 4.98 Å². The van der Waals surface area contributed by atoms with E-state index in [0.717, 1.165) is 22.2 Å². The van der Waals surface area contributed by atoms with E-state index in [0.29, 0.717) is 28.4 Å². The molecule has 3 aromatic rings. The van der Waals surface area contributed by atoms with E-state index in [9.17, 15) is 9.59 Å². The second kappa shape index (κ2) is 7.11. The van der Waals surface area contributed by atoms with Crippen molar-refractivity contribution in [2.75, 3.05) is 6.54 Å². The van der Waals surface area contributed by atoms with Crippen molar-refractivity contribution in [2.45, 2.75) is 13.0 Å². The second-order valence-corrected chi connectivity index (χ2v) is 7.73. The molecule has 6 heteroatoms. The van der Waals surface area contributed by atoms with Gasteiger partial charge in [-0.15, -0.1) is 0 Å². The number of aromatic nitrogens is 1. The van der Waals surface area contributed by atoms with Crippen molar-refractivity contribution in [3.63, 3.8) is 0 Å². The first-order valence-corrected chi connectivity index (χ1v) is 10.1. The maximum atomic E-state index is 13.1. The van der Waals surface area contributed by atoms with E-state index in [-0.39, 0.29) is 11.8 Å². The molecule has 1 unspecified atom stereocenters. The summed E-state index contributed by atoms with van der Waals surface area (Å²) in [5, 5.41) is 4.69. The zero-order valence-corrected chi connectivity index (χ0v) is 17.0. The van der Waals surface area contributed by atoms with Gasteiger partial charge < -0.3 is 5.32 Å². The zero-order chi connectivity index (χ0) is 20.8. The van der Waals surface area contributed by atoms with Gasteiger partial charge in [0, 0.05) is 22.5 Å². The minimum Gasteiger partial charge on any atom is -0.380 e. The number of nitrogens with zero attached hydrogens (tertiary/aromatic N) is 2. The number of amides is 2. The molecule has 0 fully saturated rings. The quantitative estimate of drug-likeness (QED) is 0.627. The van der Waals surface area contributed by atoms with Gasteiger partial charge in [0.15, 0.2) is 0 Å². The summed E-state index contributed by atoms with van der Waals surface area (Å²) in [6.07, 6.45) is 5.92. The van der Waals surface area contributed by atoms with Crippen molar-refractivity contribution < 1.29 is 9.59 Å². The third-order valence-corrected chi connectivity index (χ3v) is 5.89. The molecule has 2 amide bonds. The highest BCUT2D eigenvalue weighted by Gasteiger charge is 2.39. The maximum absolute atomic E-state index is 13.1. The summed E-state index contributed by atoms with van der Waals surface area (Å²) < 4.78 is 0. The van der Waals surface area contributed by atoms with Crippen LogP contribution in [0.5, 0.6) is 0 Å². The van der Waals surface area contributed by atoms with Crippen LogP contribution in [0.4, 0.5) is 0 Å². The van der Waals surface area contributed by atoms with Crippen molar-refractivity contribution in [3.8, 4) is 0 Å². The lowest BCUT2D eigenvalue weighted by molar-refractivity contribution is 0.0595. The Hall–Kier alpha value is -3.44. The number of hydrogen-bond acceptors (Lipinski definition) is 4. The van der Waals surface area contributed by atoms with E-state index in [1.807, 2.05) is 49.4 Å². The fourth-order valence-electron chi connectivity index (χ4n) is 4.03. The van der Waals surface area contributed by atoms with Crippen LogP contribution >= 0.6 is 11.6 Å². The van der Waals surface area contributed by atoms with E-state index >= 15 is 0 Å². The summed E-state index contributed by atoms with van der Waals surface area (Å²) in [6, 6.07) is 13.9. The number of fused-ring (bicyclic) bond motifs is 2. The molecular weight excluding hydrogens is 398 g/mol. The van der Waals surface area contributed by atoms with Crippen LogP contribution in [0.25, 0.3) is 16.6 Å². The Balaban J connectivity index is 1.69. The highest BCUT2D eigenvalue weighted by atomic mass is 35.5. The van der Waals surface area contributed by atoms with Crippen molar-refractivity contribution in [1.82, 2.24) is 15.2 Å². The molecule has 0 bridgehead atoms. The van der Waals surface area contributed by atoms with Crippen LogP contribution in [0.15, 0.2) is 66.8 Å². The summed E-state index contributed by atoms with van der Waals surface area (Å²) in [5.74, 6) is -0.586. The van der Waals surface area contributed by atoms with Crippen molar-refractivity contribution >= 4 is 40.0 Å². The number of benzene rings is 2. The first-order valence-electron chi connectivity index (χ1n) is 9.73. The molecule has 0 saturated heterocycles. The summed E-state index contributed by atoms with van der Waals surface area (Å²) in [4.78, 5) is 32.3. The first-order chi connectivity index (χ1) is 14.6. The smallest absolute Gasteiger partial charge is 0.262 e. The minimum atomic E-state index is -0.519. The molecule has 2 aliphatic heterocycles. The Kier molecular flexibility index (Phi) is 4.40. The molecule has 0 aliphatic carbocycles. The van der Waals surface area contributed by atoms with Crippen LogP contribution < -0.4 is 5.32 Å². The summed E-state index contributed by atoms with van der Waals surface area (Å²) in [6.45, 7) is 2.53. The van der Waals surface area contributed by atoms with Crippen LogP contribution in [0, 0.1) is 0 Å². The topological polar surface area (TPSA) is 62.3 Å². The van der Waals surface area contributed by atoms with Gasteiger partial charge in [0.25, 0.3) is 11.8 Å². The third-order valence-electron chi connectivity index (χ3n) is 5.56. The van der Waals surface area contributed by atoms with E-state index in [2.05, 4.69) is 5.32 Å². The number of allylic oxidation sites excluding steroid dienone is 2. The largest absolute Gasteiger partial charge is 0.380 e. The lowest BCUT2D eigenvalue weighted by Gasteiger charge is -2.26. The zero-order valence-electron chi connectivity index (χ0n) is 16.2. The van der Waals surface area contributed by atoms with Gasteiger partial charge in [-0.05, 0) is 43.3 Å². The number of hydrogen-bond donors (Lipinski definition) is 1. The average molecular weight is 416 g/mol. The molecule has 0 radical (unpaired) electrons. The molecule has 1 N–H and O–H groups in total. The standard InChI is InChI=1S/C24H18ClN3O2/c1-14(28-23(29)15-7-2-3-8-16(15)24(28)30)17-13-18-19(25)9-6-11-20(18)27-22(17)21-10-4-5-12-26-21/h2-11,13-14,26H,12H2,1H3. The highest BCUT2D eigenvalue weighted by Crippen LogP contribution is 2.36. The van der Waals surface area contributed by atoms with Gasteiger partial charge in [0.05, 0.1) is 34.1 Å². The Morgan fingerprint density at radius 3 is 2.47 bits per heavy atom. The van der Waals surface area contributed by atoms with E-state index < -0.39 is 6.04 Å². The number of carbonyl (C=O) groups is 2. The van der Waals surface area contributed by atoms with Crippen molar-refractivity contribution in [3.05, 3.63) is 94.2 Å². The van der Waals surface area contributed by atoms with Crippen LogP contribution in [-0.2, 0) is 0 Å². The van der Waals surface area contributed by atoms with Crippen LogP contribution in [0.1, 0.15) is 44.9 Å². The van der Waals surface area contributed by atoms with Crippen molar-refractivity contribution in [1.29, 1.82) is 0 Å². The van der Waals surface area contributed by atoms with Crippen molar-refractivity contribution in [2.24, 2.45) is 0 Å². The molecule has 5 nitrogen and oxygen atoms in total. The molecule has 3 heterocycles. The molecule has 5 rings (SSSR count). The fourth-order valence-corrected chi connectivity index (χ4v) is 4.25. The van der Waals surface area contributed by atoms with Gasteiger partial charge in [0.2, 0.25) is 0 Å². The third kappa shape index (κ3) is 2.82. The molecule has 30 heavy (non-hydrogen) atoms. The van der Waals surface area contributed by atoms with Crippen LogP contribution in [0.2, 0.25) is 5.02 Å². The summed E-state index contributed by atoms with van der Waals surface area (Å²) in [5.41, 5.74) is 3.93. The molecule has 1 atom stereocenters. The van der Waals surface area contributed by atoms with E-state index in [4.69, 9.17) is 16.6 Å². The number of halogens is 1. The molecule has 2 aromatic carbocycles. The molecular formula is C24H18ClN3O2. The second-order valence-electron chi connectivity index (χ2n) is 7.32. The Bertz CT molecular complexity index is 1240. The summed E-state index contributed by atoms with van der Waals surface area (Å²) >= 11 is 6.43. The molecule has 148 valence electrons. The number of pyridine rings is 1. The van der Waals surface area contributed by atoms with Gasteiger partial charge >= 0.3 is 0 Å². The van der Waals surface area contributed by atoms with Gasteiger partial charge in [-0.3, -0.25) is 14.5 Å². The van der Waals surface area contributed by atoms with Gasteiger partial charge in [-0.2, -0.15) is 0 Å². The SMILES string of the molecule is CC(c1cc2c(Cl)cccc2nc1C1=CC=CCN1)N1C(=O)c2ccccc2C1=O. The van der Waals surface area contributed by atoms with Crippen LogP contribution in [-0.4, -0.2) is 28.2 Å². The maximum Gasteiger partial charge on any atom is 0.262 e. The highest BCUT2D eigenvalue weighted by molar-refractivity contribution is 6.35. The number of carbonyl (C=O) groups excluding carboxylic acids is 2. The van der Waals surface area contributed by atoms with E-state index in [1.54, 1.807) is 24.3 Å². The number of rotatable bonds is 3. The molecule has 0 saturated carbocycles. The predicted molar refractivity (Wildman–Crippen MR) is 117 cm³/mol. The molecule has 0 spiro atoms. The Morgan fingerprint density at radius 2 is 1.80 bits per heavy atom. The normalized spacial score (nSPS) is 16.5. The Morgan fingerprint density at radius 1 is 1.07 bits per heavy atom. The molecule has 1 aromatic heterocycles. The van der Waals surface area contributed by atoms with E-state index in [1.165, 1.54) is 4.90 Å².